The summed E-state index contributed by atoms with van der Waals surface area (Å²) >= 11 is 0. The zero-order valence-electron chi connectivity index (χ0n) is 14.9. The highest BCUT2D eigenvalue weighted by atomic mass is 16.1. The molecule has 7 nitrogen and oxygen atoms in total. The zero-order chi connectivity index (χ0) is 17.9. The van der Waals surface area contributed by atoms with Gasteiger partial charge in [0.1, 0.15) is 11.5 Å². The number of carbonyl (C=O) groups excluding carboxylic acids is 1. The van der Waals surface area contributed by atoms with Crippen LogP contribution in [0, 0.1) is 0 Å². The first kappa shape index (κ1) is 16.8. The summed E-state index contributed by atoms with van der Waals surface area (Å²) in [6.07, 6.45) is 7.57. The van der Waals surface area contributed by atoms with Gasteiger partial charge in [0.2, 0.25) is 0 Å². The number of carbonyl (C=O) groups is 1. The van der Waals surface area contributed by atoms with Crippen LogP contribution in [0.2, 0.25) is 0 Å². The van der Waals surface area contributed by atoms with E-state index < -0.39 is 0 Å². The molecule has 0 radical (unpaired) electrons. The predicted molar refractivity (Wildman–Crippen MR) is 98.5 cm³/mol. The van der Waals surface area contributed by atoms with Gasteiger partial charge in [0.25, 0.3) is 0 Å². The van der Waals surface area contributed by atoms with Crippen LogP contribution in [-0.4, -0.2) is 55.3 Å². The number of fused-ring (bicyclic) bond motifs is 1. The Morgan fingerprint density at radius 3 is 2.81 bits per heavy atom. The second-order valence-electron chi connectivity index (χ2n) is 6.89. The van der Waals surface area contributed by atoms with Gasteiger partial charge in [-0.15, -0.1) is 5.10 Å². The van der Waals surface area contributed by atoms with Crippen LogP contribution in [0.3, 0.4) is 0 Å². The summed E-state index contributed by atoms with van der Waals surface area (Å²) in [4.78, 5) is 23.6. The molecule has 0 saturated carbocycles. The van der Waals surface area contributed by atoms with E-state index in [-0.39, 0.29) is 12.2 Å². The number of ketones is 1. The van der Waals surface area contributed by atoms with E-state index in [0.29, 0.717) is 12.4 Å². The van der Waals surface area contributed by atoms with Crippen molar-refractivity contribution in [3.8, 4) is 11.3 Å². The fourth-order valence-corrected chi connectivity index (χ4v) is 3.38. The molecule has 2 aromatic heterocycles. The summed E-state index contributed by atoms with van der Waals surface area (Å²) < 4.78 is 1.67. The Morgan fingerprint density at radius 2 is 2.04 bits per heavy atom. The number of piperidine rings is 1. The summed E-state index contributed by atoms with van der Waals surface area (Å²) in [7, 11) is 1.84. The van der Waals surface area contributed by atoms with E-state index in [1.54, 1.807) is 10.9 Å². The maximum atomic E-state index is 12.4. The van der Waals surface area contributed by atoms with Crippen molar-refractivity contribution in [2.75, 3.05) is 19.6 Å². The number of rotatable bonds is 5. The van der Waals surface area contributed by atoms with Crippen molar-refractivity contribution in [2.45, 2.75) is 25.7 Å². The van der Waals surface area contributed by atoms with Crippen LogP contribution in [0.1, 0.15) is 25.1 Å². The molecular weight excluding hydrogens is 328 g/mol. The fraction of sp³-hybridized carbons (Fsp3) is 0.421. The molecule has 0 amide bonds. The molecule has 134 valence electrons. The number of hydrogen-bond donors (Lipinski definition) is 0. The summed E-state index contributed by atoms with van der Waals surface area (Å²) in [5.74, 6) is 0.757. The molecular formula is C19H22N6O. The molecule has 7 heteroatoms. The van der Waals surface area contributed by atoms with Gasteiger partial charge >= 0.3 is 0 Å². The largest absolute Gasteiger partial charge is 0.298 e. The molecule has 26 heavy (non-hydrogen) atoms. The van der Waals surface area contributed by atoms with Gasteiger partial charge in [-0.2, -0.15) is 0 Å². The Labute approximate surface area is 152 Å². The Hall–Kier alpha value is -2.67. The molecule has 0 aliphatic carbocycles. The monoisotopic (exact) mass is 350 g/mol. The van der Waals surface area contributed by atoms with Gasteiger partial charge in [0, 0.05) is 24.2 Å². The van der Waals surface area contributed by atoms with Gasteiger partial charge < -0.3 is 0 Å². The molecule has 0 atom stereocenters. The molecule has 1 saturated heterocycles. The van der Waals surface area contributed by atoms with E-state index in [1.165, 1.54) is 19.3 Å². The average molecular weight is 350 g/mol. The lowest BCUT2D eigenvalue weighted by molar-refractivity contribution is -0.119. The Kier molecular flexibility index (Phi) is 4.71. The molecule has 4 rings (SSSR count). The van der Waals surface area contributed by atoms with Crippen molar-refractivity contribution in [1.29, 1.82) is 0 Å². The van der Waals surface area contributed by atoms with E-state index in [1.807, 2.05) is 31.4 Å². The molecule has 1 fully saturated rings. The van der Waals surface area contributed by atoms with E-state index in [9.17, 15) is 4.79 Å². The topological polar surface area (TPSA) is 76.8 Å². The molecule has 0 unspecified atom stereocenters. The quantitative estimate of drug-likeness (QED) is 0.701. The number of likely N-dealkylation sites (tertiary alicyclic amines) is 1. The average Bonchev–Trinajstić information content (AvgIpc) is 3.08. The van der Waals surface area contributed by atoms with Gasteiger partial charge in [-0.1, -0.05) is 23.8 Å². The van der Waals surface area contributed by atoms with Crippen molar-refractivity contribution >= 4 is 16.7 Å². The highest BCUT2D eigenvalue weighted by Crippen LogP contribution is 2.21. The molecule has 1 aromatic carbocycles. The van der Waals surface area contributed by atoms with Crippen LogP contribution in [0.5, 0.6) is 0 Å². The number of benzene rings is 1. The third kappa shape index (κ3) is 3.77. The van der Waals surface area contributed by atoms with E-state index in [0.717, 1.165) is 35.2 Å². The first-order valence-corrected chi connectivity index (χ1v) is 9.04. The van der Waals surface area contributed by atoms with Gasteiger partial charge in [0.15, 0.2) is 5.78 Å². The molecule has 3 heterocycles. The third-order valence-corrected chi connectivity index (χ3v) is 4.73. The van der Waals surface area contributed by atoms with Crippen LogP contribution >= 0.6 is 0 Å². The molecule has 0 N–H and O–H groups in total. The van der Waals surface area contributed by atoms with Crippen LogP contribution in [0.4, 0.5) is 0 Å². The van der Waals surface area contributed by atoms with E-state index in [4.69, 9.17) is 0 Å². The predicted octanol–water partition coefficient (Wildman–Crippen LogP) is 2.02. The maximum Gasteiger partial charge on any atom is 0.154 e. The van der Waals surface area contributed by atoms with Gasteiger partial charge in [-0.05, 0) is 32.0 Å². The van der Waals surface area contributed by atoms with Gasteiger partial charge in [-0.3, -0.25) is 14.4 Å². The number of aryl methyl sites for hydroxylation is 1. The van der Waals surface area contributed by atoms with Crippen molar-refractivity contribution in [3.63, 3.8) is 0 Å². The van der Waals surface area contributed by atoms with Gasteiger partial charge in [0.05, 0.1) is 24.7 Å². The number of aromatic nitrogens is 5. The summed E-state index contributed by atoms with van der Waals surface area (Å²) in [6.45, 7) is 2.54. The molecule has 1 aliphatic heterocycles. The Bertz CT molecular complexity index is 929. The summed E-state index contributed by atoms with van der Waals surface area (Å²) in [6, 6.07) is 5.93. The first-order chi connectivity index (χ1) is 12.7. The lowest BCUT2D eigenvalue weighted by Gasteiger charge is -2.25. The normalized spacial score (nSPS) is 15.4. The summed E-state index contributed by atoms with van der Waals surface area (Å²) in [5, 5.41) is 9.06. The number of Topliss-reactive ketones (excluding diaryl/α,β-unsaturated/α-hetero) is 1. The van der Waals surface area contributed by atoms with Crippen molar-refractivity contribution in [2.24, 2.45) is 7.05 Å². The van der Waals surface area contributed by atoms with Gasteiger partial charge in [-0.25, -0.2) is 9.97 Å². The van der Waals surface area contributed by atoms with Crippen LogP contribution in [0.15, 0.2) is 30.6 Å². The molecule has 3 aromatic rings. The van der Waals surface area contributed by atoms with Crippen LogP contribution in [0.25, 0.3) is 22.2 Å². The second kappa shape index (κ2) is 7.29. The van der Waals surface area contributed by atoms with Crippen molar-refractivity contribution < 1.29 is 4.79 Å². The van der Waals surface area contributed by atoms with E-state index >= 15 is 0 Å². The maximum absolute atomic E-state index is 12.4. The first-order valence-electron chi connectivity index (χ1n) is 9.04. The minimum atomic E-state index is 0.177. The fourth-order valence-electron chi connectivity index (χ4n) is 3.38. The minimum Gasteiger partial charge on any atom is -0.298 e. The van der Waals surface area contributed by atoms with Crippen LogP contribution < -0.4 is 0 Å². The Morgan fingerprint density at radius 1 is 1.19 bits per heavy atom. The molecule has 0 spiro atoms. The highest BCUT2D eigenvalue weighted by Gasteiger charge is 2.15. The highest BCUT2D eigenvalue weighted by molar-refractivity contribution is 5.85. The minimum absolute atomic E-state index is 0.177. The Balaban J connectivity index is 1.51. The SMILES string of the molecule is Cn1cc(-c2ccc3cnc(CC(=O)CN4CCCCC4)nc3c2)nn1. The third-order valence-electron chi connectivity index (χ3n) is 4.73. The summed E-state index contributed by atoms with van der Waals surface area (Å²) in [5.41, 5.74) is 2.58. The van der Waals surface area contributed by atoms with E-state index in [2.05, 4.69) is 25.2 Å². The second-order valence-corrected chi connectivity index (χ2v) is 6.89. The smallest absolute Gasteiger partial charge is 0.154 e. The lowest BCUT2D eigenvalue weighted by Crippen LogP contribution is -2.35. The lowest BCUT2D eigenvalue weighted by atomic mass is 10.1. The number of hydrogen-bond acceptors (Lipinski definition) is 6. The van der Waals surface area contributed by atoms with Crippen LogP contribution in [-0.2, 0) is 18.3 Å². The molecule has 1 aliphatic rings. The number of nitrogens with zero attached hydrogens (tertiary/aromatic N) is 6. The standard InChI is InChI=1S/C19H22N6O/c1-24-13-18(22-23-24)14-5-6-15-11-20-19(21-17(15)9-14)10-16(26)12-25-7-3-2-4-8-25/h5-6,9,11,13H,2-4,7-8,10,12H2,1H3. The van der Waals surface area contributed by atoms with Crippen molar-refractivity contribution in [3.05, 3.63) is 36.4 Å². The van der Waals surface area contributed by atoms with Crippen molar-refractivity contribution in [1.82, 2.24) is 29.9 Å². The molecule has 0 bridgehead atoms. The zero-order valence-corrected chi connectivity index (χ0v) is 14.9.